The Morgan fingerprint density at radius 3 is 2.60 bits per heavy atom. The van der Waals surface area contributed by atoms with Crippen LogP contribution in [0, 0.1) is 11.3 Å². The first kappa shape index (κ1) is 23.2. The molecular weight excluding hydrogens is 397 g/mol. The van der Waals surface area contributed by atoms with Crippen LogP contribution in [0.4, 0.5) is 18.9 Å². The number of carbonyl (C=O) groups is 1. The topological polar surface area (TPSA) is 82.3 Å². The average Bonchev–Trinajstić information content (AvgIpc) is 2.71. The summed E-state index contributed by atoms with van der Waals surface area (Å²) in [6, 6.07) is 9.72. The van der Waals surface area contributed by atoms with Crippen LogP contribution in [-0.4, -0.2) is 24.2 Å². The molecule has 0 bridgehead atoms. The highest BCUT2D eigenvalue weighted by molar-refractivity contribution is 6.07. The van der Waals surface area contributed by atoms with Crippen molar-refractivity contribution in [3.63, 3.8) is 0 Å². The monoisotopic (exact) mass is 420 g/mol. The molecule has 0 saturated carbocycles. The van der Waals surface area contributed by atoms with Gasteiger partial charge in [0.1, 0.15) is 5.75 Å². The summed E-state index contributed by atoms with van der Waals surface area (Å²) in [7, 11) is 0. The molecule has 0 saturated heterocycles. The number of ether oxygens (including phenoxy) is 1. The van der Waals surface area contributed by atoms with Gasteiger partial charge in [-0.1, -0.05) is 18.6 Å². The van der Waals surface area contributed by atoms with Gasteiger partial charge in [0.15, 0.2) is 0 Å². The van der Waals surface area contributed by atoms with Crippen LogP contribution >= 0.6 is 0 Å². The summed E-state index contributed by atoms with van der Waals surface area (Å²) < 4.78 is 45.2. The highest BCUT2D eigenvalue weighted by Crippen LogP contribution is 2.34. The van der Waals surface area contributed by atoms with Gasteiger partial charge in [0, 0.05) is 12.3 Å². The van der Waals surface area contributed by atoms with Crippen molar-refractivity contribution in [2.45, 2.75) is 38.8 Å². The molecule has 0 aliphatic heterocycles. The van der Waals surface area contributed by atoms with Gasteiger partial charge in [-0.25, -0.2) is 0 Å². The first-order valence-electron chi connectivity index (χ1n) is 9.60. The van der Waals surface area contributed by atoms with Gasteiger partial charge in [0.05, 0.1) is 29.4 Å². The lowest BCUT2D eigenvalue weighted by molar-refractivity contribution is -0.137. The van der Waals surface area contributed by atoms with Crippen molar-refractivity contribution in [3.05, 3.63) is 58.7 Å². The lowest BCUT2D eigenvalue weighted by Gasteiger charge is -2.16. The summed E-state index contributed by atoms with van der Waals surface area (Å²) in [5.74, 6) is -0.242. The zero-order valence-electron chi connectivity index (χ0n) is 16.6. The summed E-state index contributed by atoms with van der Waals surface area (Å²) in [5, 5.41) is 20.3. The van der Waals surface area contributed by atoms with Crippen LogP contribution in [0.2, 0.25) is 0 Å². The third-order valence-corrected chi connectivity index (χ3v) is 4.45. The predicted molar refractivity (Wildman–Crippen MR) is 106 cm³/mol. The molecule has 160 valence electrons. The summed E-state index contributed by atoms with van der Waals surface area (Å²) in [5.41, 5.74) is -0.712. The van der Waals surface area contributed by atoms with Gasteiger partial charge in [-0.05, 0) is 56.0 Å². The number of halogens is 3. The van der Waals surface area contributed by atoms with Gasteiger partial charge < -0.3 is 15.2 Å². The molecule has 0 radical (unpaired) electrons. The molecule has 0 heterocycles. The van der Waals surface area contributed by atoms with Crippen molar-refractivity contribution >= 4 is 11.6 Å². The molecule has 2 aromatic carbocycles. The summed E-state index contributed by atoms with van der Waals surface area (Å²) in [4.78, 5) is 13.0. The number of anilines is 1. The number of hydrogen-bond acceptors (Lipinski definition) is 4. The number of nitrogens with one attached hydrogen (secondary N) is 1. The van der Waals surface area contributed by atoms with E-state index < -0.39 is 23.2 Å². The Labute approximate surface area is 173 Å². The normalized spacial score (nSPS) is 11.1. The lowest BCUT2D eigenvalue weighted by atomic mass is 9.99. The molecule has 2 aromatic rings. The fourth-order valence-corrected chi connectivity index (χ4v) is 3.07. The molecule has 0 aliphatic rings. The van der Waals surface area contributed by atoms with Crippen LogP contribution in [0.3, 0.4) is 0 Å². The van der Waals surface area contributed by atoms with E-state index in [0.29, 0.717) is 30.8 Å². The number of aliphatic hydroxyl groups excluding tert-OH is 1. The number of carbonyl (C=O) groups excluding carboxylic acids is 1. The van der Waals surface area contributed by atoms with E-state index in [1.54, 1.807) is 25.1 Å². The molecular formula is C22H23F3N2O3. The van der Waals surface area contributed by atoms with E-state index in [9.17, 15) is 18.0 Å². The molecule has 0 atom stereocenters. The van der Waals surface area contributed by atoms with Gasteiger partial charge in [-0.15, -0.1) is 0 Å². The second kappa shape index (κ2) is 10.6. The first-order chi connectivity index (χ1) is 14.3. The number of aryl methyl sites for hydroxylation is 1. The van der Waals surface area contributed by atoms with Crippen molar-refractivity contribution in [3.8, 4) is 11.8 Å². The lowest BCUT2D eigenvalue weighted by Crippen LogP contribution is -2.17. The summed E-state index contributed by atoms with van der Waals surface area (Å²) in [6.45, 7) is 2.18. The Bertz CT molecular complexity index is 921. The Morgan fingerprint density at radius 1 is 1.20 bits per heavy atom. The predicted octanol–water partition coefficient (Wildman–Crippen LogP) is 4.93. The zero-order valence-corrected chi connectivity index (χ0v) is 16.6. The fraction of sp³-hybridized carbons (Fsp3) is 0.364. The van der Waals surface area contributed by atoms with Crippen LogP contribution < -0.4 is 10.1 Å². The molecule has 1 amide bonds. The van der Waals surface area contributed by atoms with Crippen molar-refractivity contribution in [1.29, 1.82) is 5.26 Å². The minimum Gasteiger partial charge on any atom is -0.493 e. The highest BCUT2D eigenvalue weighted by atomic mass is 19.4. The number of unbranched alkanes of at least 4 members (excludes halogenated alkanes) is 2. The molecule has 0 unspecified atom stereocenters. The molecule has 0 aliphatic carbocycles. The third kappa shape index (κ3) is 5.97. The van der Waals surface area contributed by atoms with E-state index in [2.05, 4.69) is 5.32 Å². The van der Waals surface area contributed by atoms with Crippen LogP contribution in [0.5, 0.6) is 5.75 Å². The zero-order chi connectivity index (χ0) is 22.1. The van der Waals surface area contributed by atoms with E-state index in [-0.39, 0.29) is 17.9 Å². The molecule has 0 spiro atoms. The number of nitrogens with zero attached hydrogens (tertiary/aromatic N) is 1. The molecule has 8 heteroatoms. The molecule has 2 rings (SSSR count). The molecule has 30 heavy (non-hydrogen) atoms. The fourth-order valence-electron chi connectivity index (χ4n) is 3.07. The number of nitriles is 1. The summed E-state index contributed by atoms with van der Waals surface area (Å²) in [6.07, 6.45) is -1.98. The van der Waals surface area contributed by atoms with Gasteiger partial charge >= 0.3 is 6.18 Å². The van der Waals surface area contributed by atoms with Crippen LogP contribution in [0.25, 0.3) is 0 Å². The van der Waals surface area contributed by atoms with Crippen LogP contribution in [0.15, 0.2) is 36.4 Å². The smallest absolute Gasteiger partial charge is 0.417 e. The Balaban J connectivity index is 2.34. The average molecular weight is 420 g/mol. The minimum absolute atomic E-state index is 0.0659. The van der Waals surface area contributed by atoms with E-state index in [0.717, 1.165) is 25.0 Å². The maximum Gasteiger partial charge on any atom is 0.417 e. The third-order valence-electron chi connectivity index (χ3n) is 4.45. The molecule has 2 N–H and O–H groups in total. The second-order valence-corrected chi connectivity index (χ2v) is 6.58. The quantitative estimate of drug-likeness (QED) is 0.564. The van der Waals surface area contributed by atoms with E-state index >= 15 is 0 Å². The van der Waals surface area contributed by atoms with E-state index in [1.807, 2.05) is 0 Å². The van der Waals surface area contributed by atoms with E-state index in [4.69, 9.17) is 15.1 Å². The number of hydrogen-bond donors (Lipinski definition) is 2. The second-order valence-electron chi connectivity index (χ2n) is 6.58. The number of benzene rings is 2. The number of aliphatic hydroxyl groups is 1. The number of rotatable bonds is 9. The van der Waals surface area contributed by atoms with Gasteiger partial charge in [0.25, 0.3) is 5.91 Å². The van der Waals surface area contributed by atoms with Crippen molar-refractivity contribution < 1.29 is 27.8 Å². The Kier molecular flexibility index (Phi) is 8.25. The standard InChI is InChI=1S/C22H23F3N2O3/c1-2-30-19-9-6-8-15(7-4-3-5-12-28)20(19)21(29)27-17-11-10-16(14-26)18(13-17)22(23,24)25/h6,8-11,13,28H,2-5,7,12H2,1H3,(H,27,29). The van der Waals surface area contributed by atoms with Crippen LogP contribution in [-0.2, 0) is 12.6 Å². The van der Waals surface area contributed by atoms with Gasteiger partial charge in [-0.3, -0.25) is 4.79 Å². The maximum absolute atomic E-state index is 13.2. The Hall–Kier alpha value is -3.05. The maximum atomic E-state index is 13.2. The molecule has 0 fully saturated rings. The van der Waals surface area contributed by atoms with Gasteiger partial charge in [0.2, 0.25) is 0 Å². The van der Waals surface area contributed by atoms with Crippen molar-refractivity contribution in [2.24, 2.45) is 0 Å². The largest absolute Gasteiger partial charge is 0.493 e. The molecule has 5 nitrogen and oxygen atoms in total. The van der Waals surface area contributed by atoms with Gasteiger partial charge in [-0.2, -0.15) is 18.4 Å². The highest BCUT2D eigenvalue weighted by Gasteiger charge is 2.34. The summed E-state index contributed by atoms with van der Waals surface area (Å²) >= 11 is 0. The Morgan fingerprint density at radius 2 is 1.97 bits per heavy atom. The van der Waals surface area contributed by atoms with Crippen molar-refractivity contribution in [2.75, 3.05) is 18.5 Å². The number of amides is 1. The minimum atomic E-state index is -4.72. The van der Waals surface area contributed by atoms with E-state index in [1.165, 1.54) is 12.1 Å². The SMILES string of the molecule is CCOc1cccc(CCCCCO)c1C(=O)Nc1ccc(C#N)c(C(F)(F)F)c1. The number of alkyl halides is 3. The van der Waals surface area contributed by atoms with Crippen LogP contribution in [0.1, 0.15) is 53.2 Å². The first-order valence-corrected chi connectivity index (χ1v) is 9.60. The molecule has 0 aromatic heterocycles. The van der Waals surface area contributed by atoms with Crippen molar-refractivity contribution in [1.82, 2.24) is 0 Å².